The monoisotopic (exact) mass is 341 g/mol. The summed E-state index contributed by atoms with van der Waals surface area (Å²) >= 11 is 0. The van der Waals surface area contributed by atoms with Crippen LogP contribution in [0.25, 0.3) is 0 Å². The van der Waals surface area contributed by atoms with E-state index in [4.69, 9.17) is 9.47 Å². The summed E-state index contributed by atoms with van der Waals surface area (Å²) in [5, 5.41) is 0. The van der Waals surface area contributed by atoms with Crippen LogP contribution in [0, 0.1) is 6.92 Å². The maximum atomic E-state index is 13.1. The van der Waals surface area contributed by atoms with Crippen molar-refractivity contribution in [2.75, 3.05) is 20.3 Å². The molecule has 2 atom stereocenters. The molecule has 0 aromatic carbocycles. The smallest absolute Gasteiger partial charge is 0.259 e. The zero-order valence-electron chi connectivity index (χ0n) is 14.8. The Labute approximate surface area is 147 Å². The normalized spacial score (nSPS) is 19.6. The van der Waals surface area contributed by atoms with Gasteiger partial charge in [0.1, 0.15) is 11.7 Å². The molecule has 2 aromatic heterocycles. The Hall–Kier alpha value is -2.47. The van der Waals surface area contributed by atoms with Gasteiger partial charge in [-0.15, -0.1) is 0 Å². The number of hydrogen-bond donors (Lipinski definition) is 0. The lowest BCUT2D eigenvalue weighted by Gasteiger charge is -2.29. The van der Waals surface area contributed by atoms with Crippen LogP contribution in [-0.2, 0) is 4.74 Å². The van der Waals surface area contributed by atoms with E-state index in [1.807, 2.05) is 32.0 Å². The van der Waals surface area contributed by atoms with E-state index in [9.17, 15) is 4.79 Å². The van der Waals surface area contributed by atoms with Gasteiger partial charge in [0.25, 0.3) is 5.91 Å². The fourth-order valence-corrected chi connectivity index (χ4v) is 3.12. The second kappa shape index (κ2) is 7.61. The third-order valence-electron chi connectivity index (χ3n) is 4.40. The molecule has 1 aliphatic rings. The van der Waals surface area contributed by atoms with E-state index >= 15 is 0 Å². The Balaban J connectivity index is 1.85. The molecule has 3 heterocycles. The second-order valence-electron chi connectivity index (χ2n) is 6.09. The lowest BCUT2D eigenvalue weighted by molar-refractivity contribution is 0.0511. The van der Waals surface area contributed by atoms with Gasteiger partial charge in [-0.25, -0.2) is 4.98 Å². The maximum absolute atomic E-state index is 13.1. The van der Waals surface area contributed by atoms with Crippen molar-refractivity contribution in [3.8, 4) is 5.88 Å². The number of nitrogens with zero attached hydrogens (tertiary/aromatic N) is 3. The van der Waals surface area contributed by atoms with Crippen molar-refractivity contribution < 1.29 is 14.3 Å². The molecule has 1 aliphatic heterocycles. The molecule has 25 heavy (non-hydrogen) atoms. The summed E-state index contributed by atoms with van der Waals surface area (Å²) in [4.78, 5) is 23.3. The van der Waals surface area contributed by atoms with Crippen molar-refractivity contribution in [1.29, 1.82) is 0 Å². The van der Waals surface area contributed by atoms with Crippen LogP contribution >= 0.6 is 0 Å². The van der Waals surface area contributed by atoms with Gasteiger partial charge in [0.2, 0.25) is 5.88 Å². The number of amides is 1. The minimum Gasteiger partial charge on any atom is -0.477 e. The van der Waals surface area contributed by atoms with Crippen molar-refractivity contribution in [3.05, 3.63) is 53.5 Å². The summed E-state index contributed by atoms with van der Waals surface area (Å²) in [5.74, 6) is 0.275. The Morgan fingerprint density at radius 3 is 2.96 bits per heavy atom. The van der Waals surface area contributed by atoms with Gasteiger partial charge >= 0.3 is 0 Å². The summed E-state index contributed by atoms with van der Waals surface area (Å²) in [6.45, 7) is 4.84. The molecule has 132 valence electrons. The predicted octanol–water partition coefficient (Wildman–Crippen LogP) is 2.79. The molecule has 0 unspecified atom stereocenters. The van der Waals surface area contributed by atoms with Crippen molar-refractivity contribution >= 4 is 5.91 Å². The molecule has 0 spiro atoms. The van der Waals surface area contributed by atoms with E-state index in [0.717, 1.165) is 17.7 Å². The summed E-state index contributed by atoms with van der Waals surface area (Å²) in [6, 6.07) is 7.42. The molecule has 2 aromatic rings. The Bertz CT molecular complexity index is 736. The van der Waals surface area contributed by atoms with Gasteiger partial charge in [0.15, 0.2) is 0 Å². The predicted molar refractivity (Wildman–Crippen MR) is 93.6 cm³/mol. The van der Waals surface area contributed by atoms with Gasteiger partial charge in [0, 0.05) is 37.3 Å². The van der Waals surface area contributed by atoms with Crippen molar-refractivity contribution in [2.45, 2.75) is 32.4 Å². The highest BCUT2D eigenvalue weighted by molar-refractivity contribution is 5.96. The molecule has 0 saturated carbocycles. The maximum Gasteiger partial charge on any atom is 0.259 e. The largest absolute Gasteiger partial charge is 0.477 e. The number of aromatic nitrogens is 2. The van der Waals surface area contributed by atoms with E-state index in [1.165, 1.54) is 0 Å². The van der Waals surface area contributed by atoms with E-state index < -0.39 is 0 Å². The first-order chi connectivity index (χ1) is 12.1. The molecular weight excluding hydrogens is 318 g/mol. The number of rotatable bonds is 5. The van der Waals surface area contributed by atoms with Crippen LogP contribution < -0.4 is 4.74 Å². The average molecular weight is 341 g/mol. The fourth-order valence-electron chi connectivity index (χ4n) is 3.12. The lowest BCUT2D eigenvalue weighted by Crippen LogP contribution is -2.39. The van der Waals surface area contributed by atoms with Gasteiger partial charge in [-0.05, 0) is 38.5 Å². The number of hydrogen-bond acceptors (Lipinski definition) is 5. The highest BCUT2D eigenvalue weighted by atomic mass is 16.5. The topological polar surface area (TPSA) is 64.5 Å². The van der Waals surface area contributed by atoms with Crippen molar-refractivity contribution in [1.82, 2.24) is 14.9 Å². The molecule has 0 N–H and O–H groups in total. The van der Waals surface area contributed by atoms with Crippen LogP contribution in [-0.4, -0.2) is 47.1 Å². The van der Waals surface area contributed by atoms with Gasteiger partial charge in [0.05, 0.1) is 12.6 Å². The number of likely N-dealkylation sites (N-methyl/N-ethyl adjacent to an activating group) is 1. The molecule has 0 aliphatic carbocycles. The second-order valence-corrected chi connectivity index (χ2v) is 6.09. The van der Waals surface area contributed by atoms with E-state index in [-0.39, 0.29) is 18.1 Å². The van der Waals surface area contributed by atoms with Crippen LogP contribution in [0.4, 0.5) is 0 Å². The Morgan fingerprint density at radius 2 is 2.24 bits per heavy atom. The highest BCUT2D eigenvalue weighted by Crippen LogP contribution is 2.33. The standard InChI is InChI=1S/C19H23N3O3/c1-4-24-18-15(8-7-13(2)21-18)19(23)22(3)16-9-11-25-17(16)14-6-5-10-20-12-14/h5-8,10,12,16-17H,4,9,11H2,1-3H3/t16-,17+/m0/s1. The van der Waals surface area contributed by atoms with Crippen LogP contribution in [0.2, 0.25) is 0 Å². The molecule has 0 radical (unpaired) electrons. The summed E-state index contributed by atoms with van der Waals surface area (Å²) in [6.07, 6.45) is 4.14. The lowest BCUT2D eigenvalue weighted by atomic mass is 10.0. The van der Waals surface area contributed by atoms with Gasteiger partial charge in [-0.3, -0.25) is 9.78 Å². The average Bonchev–Trinajstić information content (AvgIpc) is 3.11. The molecule has 6 nitrogen and oxygen atoms in total. The Kier molecular flexibility index (Phi) is 5.28. The number of ether oxygens (including phenoxy) is 2. The van der Waals surface area contributed by atoms with Crippen LogP contribution in [0.1, 0.15) is 41.1 Å². The van der Waals surface area contributed by atoms with E-state index in [2.05, 4.69) is 9.97 Å². The fraction of sp³-hybridized carbons (Fsp3) is 0.421. The third kappa shape index (κ3) is 3.64. The highest BCUT2D eigenvalue weighted by Gasteiger charge is 2.36. The molecule has 0 bridgehead atoms. The molecule has 1 saturated heterocycles. The first-order valence-electron chi connectivity index (χ1n) is 8.51. The number of pyridine rings is 2. The number of carbonyl (C=O) groups is 1. The first kappa shape index (κ1) is 17.4. The van der Waals surface area contributed by atoms with Gasteiger partial charge in [-0.2, -0.15) is 0 Å². The molecule has 1 amide bonds. The van der Waals surface area contributed by atoms with E-state index in [0.29, 0.717) is 24.7 Å². The molecule has 6 heteroatoms. The van der Waals surface area contributed by atoms with Crippen LogP contribution in [0.15, 0.2) is 36.7 Å². The summed E-state index contributed by atoms with van der Waals surface area (Å²) in [7, 11) is 1.81. The number of aryl methyl sites for hydroxylation is 1. The molecule has 3 rings (SSSR count). The first-order valence-corrected chi connectivity index (χ1v) is 8.51. The molecule has 1 fully saturated rings. The minimum atomic E-state index is -0.170. The SMILES string of the molecule is CCOc1nc(C)ccc1C(=O)N(C)[C@H]1CCO[C@@H]1c1cccnc1. The quantitative estimate of drug-likeness (QED) is 0.837. The zero-order chi connectivity index (χ0) is 17.8. The zero-order valence-corrected chi connectivity index (χ0v) is 14.8. The summed E-state index contributed by atoms with van der Waals surface area (Å²) < 4.78 is 11.4. The van der Waals surface area contributed by atoms with Crippen LogP contribution in [0.3, 0.4) is 0 Å². The van der Waals surface area contributed by atoms with Crippen molar-refractivity contribution in [3.63, 3.8) is 0 Å². The van der Waals surface area contributed by atoms with Gasteiger partial charge < -0.3 is 14.4 Å². The van der Waals surface area contributed by atoms with Gasteiger partial charge in [-0.1, -0.05) is 6.07 Å². The number of carbonyl (C=O) groups excluding carboxylic acids is 1. The Morgan fingerprint density at radius 1 is 1.40 bits per heavy atom. The minimum absolute atomic E-state index is 0.0486. The van der Waals surface area contributed by atoms with Crippen molar-refractivity contribution in [2.24, 2.45) is 0 Å². The summed E-state index contributed by atoms with van der Waals surface area (Å²) in [5.41, 5.74) is 2.28. The van der Waals surface area contributed by atoms with Crippen LogP contribution in [0.5, 0.6) is 5.88 Å². The van der Waals surface area contributed by atoms with E-state index in [1.54, 1.807) is 30.4 Å². The molecular formula is C19H23N3O3. The third-order valence-corrected chi connectivity index (χ3v) is 4.40.